The number of nitrogens with one attached hydrogen (secondary N) is 1. The van der Waals surface area contributed by atoms with E-state index in [9.17, 15) is 32.7 Å². The minimum Gasteiger partial charge on any atom is -0.505 e. The minimum absolute atomic E-state index is 0.00416. The highest BCUT2D eigenvalue weighted by Crippen LogP contribution is 2.44. The lowest BCUT2D eigenvalue weighted by atomic mass is 9.66. The van der Waals surface area contributed by atoms with Gasteiger partial charge in [0.2, 0.25) is 11.7 Å². The molecule has 3 aromatic heterocycles. The molecule has 1 saturated heterocycles. The highest BCUT2D eigenvalue weighted by Gasteiger charge is 2.44. The van der Waals surface area contributed by atoms with Crippen molar-refractivity contribution in [1.82, 2.24) is 29.0 Å². The number of nitrogens with zero attached hydrogens (tertiary/aromatic N) is 6. The molecule has 1 spiro atoms. The van der Waals surface area contributed by atoms with Crippen LogP contribution >= 0.6 is 11.6 Å². The number of pyridine rings is 1. The quantitative estimate of drug-likeness (QED) is 0.249. The molecule has 0 saturated carbocycles. The van der Waals surface area contributed by atoms with E-state index in [1.54, 1.807) is 21.6 Å². The number of rotatable bonds is 5. The summed E-state index contributed by atoms with van der Waals surface area (Å²) in [6.45, 7) is 0.298. The molecule has 0 radical (unpaired) electrons. The Morgan fingerprint density at radius 1 is 1.02 bits per heavy atom. The number of benzene rings is 2. The zero-order valence-corrected chi connectivity index (χ0v) is 26.6. The number of fused-ring (bicyclic) bond motifs is 3. The molecule has 2 aliphatic rings. The smallest absolute Gasteiger partial charge is 0.416 e. The Bertz CT molecular complexity index is 2160. The first-order valence-corrected chi connectivity index (χ1v) is 16.0. The summed E-state index contributed by atoms with van der Waals surface area (Å²) in [6.07, 6.45) is -0.422. The molecule has 15 heteroatoms. The van der Waals surface area contributed by atoms with Crippen molar-refractivity contribution in [2.75, 3.05) is 18.4 Å². The molecule has 0 atom stereocenters. The fourth-order valence-corrected chi connectivity index (χ4v) is 7.19. The van der Waals surface area contributed by atoms with E-state index in [4.69, 9.17) is 11.6 Å². The normalized spacial score (nSPS) is 15.7. The zero-order chi connectivity index (χ0) is 34.5. The number of halogens is 4. The van der Waals surface area contributed by atoms with Crippen LogP contribution in [0.1, 0.15) is 53.0 Å². The van der Waals surface area contributed by atoms with Crippen molar-refractivity contribution in [3.63, 3.8) is 0 Å². The predicted octanol–water partition coefficient (Wildman–Crippen LogP) is 5.48. The maximum absolute atomic E-state index is 14.4. The molecule has 0 bridgehead atoms. The first-order chi connectivity index (χ1) is 23.4. The van der Waals surface area contributed by atoms with E-state index in [-0.39, 0.29) is 45.9 Å². The molecule has 7 rings (SSSR count). The fraction of sp³-hybridized carbons (Fsp3) is 0.294. The highest BCUT2D eigenvalue weighted by molar-refractivity contribution is 6.33. The number of aromatic hydroxyl groups is 1. The van der Waals surface area contributed by atoms with Crippen molar-refractivity contribution in [2.45, 2.75) is 50.2 Å². The predicted molar refractivity (Wildman–Crippen MR) is 173 cm³/mol. The van der Waals surface area contributed by atoms with Gasteiger partial charge in [-0.25, -0.2) is 4.98 Å². The van der Waals surface area contributed by atoms with Gasteiger partial charge in [-0.1, -0.05) is 41.9 Å². The number of likely N-dealkylation sites (tertiary alicyclic amines) is 1. The van der Waals surface area contributed by atoms with E-state index in [0.717, 1.165) is 18.2 Å². The van der Waals surface area contributed by atoms with Crippen LogP contribution in [0.2, 0.25) is 5.02 Å². The van der Waals surface area contributed by atoms with Gasteiger partial charge < -0.3 is 19.9 Å². The van der Waals surface area contributed by atoms with Gasteiger partial charge in [-0.3, -0.25) is 14.4 Å². The lowest BCUT2D eigenvalue weighted by molar-refractivity contribution is -0.137. The molecule has 1 aliphatic carbocycles. The Labute approximate surface area is 282 Å². The van der Waals surface area contributed by atoms with Crippen LogP contribution in [-0.2, 0) is 29.4 Å². The molecule has 252 valence electrons. The molecular formula is C34H29ClF3N7O4. The zero-order valence-electron chi connectivity index (χ0n) is 25.9. The Kier molecular flexibility index (Phi) is 8.13. The largest absolute Gasteiger partial charge is 0.505 e. The van der Waals surface area contributed by atoms with Crippen LogP contribution in [0.3, 0.4) is 0 Å². The highest BCUT2D eigenvalue weighted by atomic mass is 35.5. The Hall–Kier alpha value is -5.24. The van der Waals surface area contributed by atoms with E-state index in [0.29, 0.717) is 62.0 Å². The maximum Gasteiger partial charge on any atom is 0.416 e. The van der Waals surface area contributed by atoms with Gasteiger partial charge >= 0.3 is 6.18 Å². The third kappa shape index (κ3) is 5.90. The second-order valence-corrected chi connectivity index (χ2v) is 12.7. The molecule has 2 N–H and O–H groups in total. The van der Waals surface area contributed by atoms with Gasteiger partial charge in [-0.05, 0) is 62.4 Å². The van der Waals surface area contributed by atoms with Gasteiger partial charge in [0.25, 0.3) is 11.5 Å². The van der Waals surface area contributed by atoms with E-state index < -0.39 is 29.0 Å². The molecule has 1 aliphatic heterocycles. The molecule has 4 heterocycles. The minimum atomic E-state index is -4.60. The summed E-state index contributed by atoms with van der Waals surface area (Å²) in [4.78, 5) is 51.5. The van der Waals surface area contributed by atoms with Gasteiger partial charge in [-0.2, -0.15) is 22.7 Å². The Balaban J connectivity index is 1.27. The molecular weight excluding hydrogens is 663 g/mol. The number of amides is 2. The summed E-state index contributed by atoms with van der Waals surface area (Å²) in [5.41, 5.74) is -0.185. The third-order valence-electron chi connectivity index (χ3n) is 9.35. The summed E-state index contributed by atoms with van der Waals surface area (Å²) in [5.74, 6) is -0.776. The summed E-state index contributed by atoms with van der Waals surface area (Å²) in [5, 5.41) is 17.1. The van der Waals surface area contributed by atoms with Gasteiger partial charge in [0.05, 0.1) is 16.3 Å². The molecule has 2 aromatic carbocycles. The third-order valence-corrected chi connectivity index (χ3v) is 9.67. The topological polar surface area (TPSA) is 135 Å². The molecule has 1 fully saturated rings. The molecule has 49 heavy (non-hydrogen) atoms. The number of hydrogen-bond donors (Lipinski definition) is 2. The molecule has 5 aromatic rings. The van der Waals surface area contributed by atoms with Crippen LogP contribution < -0.4 is 10.9 Å². The average Bonchev–Trinajstić information content (AvgIpc) is 3.54. The van der Waals surface area contributed by atoms with Gasteiger partial charge in [0, 0.05) is 41.5 Å². The van der Waals surface area contributed by atoms with E-state index >= 15 is 0 Å². The maximum atomic E-state index is 14.4. The van der Waals surface area contributed by atoms with Crippen LogP contribution in [0.15, 0.2) is 71.7 Å². The van der Waals surface area contributed by atoms with Crippen LogP contribution in [0.5, 0.6) is 5.75 Å². The fourth-order valence-electron chi connectivity index (χ4n) is 6.96. The van der Waals surface area contributed by atoms with Crippen LogP contribution in [0.4, 0.5) is 18.9 Å². The van der Waals surface area contributed by atoms with Crippen molar-refractivity contribution in [1.29, 1.82) is 0 Å². The standard InChI is InChI=1S/C34H29ClF3N7O4/c35-22-18-21(34(36,37)38)10-11-23(22)40-26(47)19-44-24-8-4-12-33(13-16-43(17-14-33)31(49)28-25(46)9-5-15-39-28)27(24)30(48)45-32(44)41-29(42-45)20-6-2-1-3-7-20/h1-3,5-7,9-11,15,18,46H,4,8,12-14,16-17,19H2,(H,40,47). The number of hydrogen-bond acceptors (Lipinski definition) is 7. The Morgan fingerprint density at radius 2 is 1.78 bits per heavy atom. The number of carbonyl (C=O) groups excluding carboxylic acids is 2. The SMILES string of the molecule is O=C(Cn1c2c(c(=O)n3nc(-c4ccccc4)nc13)C1(CCC2)CCN(C(=O)c2ncccc2O)CC1)Nc1ccc(C(F)(F)F)cc1Cl. The van der Waals surface area contributed by atoms with Gasteiger partial charge in [0.1, 0.15) is 12.3 Å². The summed E-state index contributed by atoms with van der Waals surface area (Å²) in [6, 6.07) is 14.7. The molecule has 2 amide bonds. The number of carbonyl (C=O) groups is 2. The summed E-state index contributed by atoms with van der Waals surface area (Å²) < 4.78 is 42.4. The van der Waals surface area contributed by atoms with Crippen molar-refractivity contribution >= 4 is 34.9 Å². The van der Waals surface area contributed by atoms with Crippen LogP contribution in [0.25, 0.3) is 17.2 Å². The first-order valence-electron chi connectivity index (χ1n) is 15.6. The number of anilines is 1. The van der Waals surface area contributed by atoms with Gasteiger partial charge in [0.15, 0.2) is 11.5 Å². The van der Waals surface area contributed by atoms with Crippen LogP contribution in [0, 0.1) is 0 Å². The van der Waals surface area contributed by atoms with E-state index in [1.807, 2.05) is 18.2 Å². The summed E-state index contributed by atoms with van der Waals surface area (Å²) >= 11 is 6.13. The number of piperidine rings is 1. The van der Waals surface area contributed by atoms with Crippen molar-refractivity contribution in [2.24, 2.45) is 0 Å². The summed E-state index contributed by atoms with van der Waals surface area (Å²) in [7, 11) is 0. The first kappa shape index (κ1) is 32.3. The second kappa shape index (κ2) is 12.3. The monoisotopic (exact) mass is 691 g/mol. The molecule has 11 nitrogen and oxygen atoms in total. The number of aromatic nitrogens is 5. The lowest BCUT2D eigenvalue weighted by Gasteiger charge is -2.45. The molecule has 0 unspecified atom stereocenters. The lowest BCUT2D eigenvalue weighted by Crippen LogP contribution is -2.50. The van der Waals surface area contributed by atoms with Crippen LogP contribution in [-0.4, -0.2) is 59.1 Å². The van der Waals surface area contributed by atoms with E-state index in [2.05, 4.69) is 20.4 Å². The number of alkyl halides is 3. The van der Waals surface area contributed by atoms with Crippen molar-refractivity contribution < 1.29 is 27.9 Å². The van der Waals surface area contributed by atoms with Gasteiger partial charge in [-0.15, -0.1) is 5.10 Å². The second-order valence-electron chi connectivity index (χ2n) is 12.3. The van der Waals surface area contributed by atoms with E-state index in [1.165, 1.54) is 22.8 Å². The Morgan fingerprint density at radius 3 is 2.47 bits per heavy atom. The van der Waals surface area contributed by atoms with Crippen molar-refractivity contribution in [3.05, 3.63) is 105 Å². The average molecular weight is 692 g/mol. The van der Waals surface area contributed by atoms with Crippen molar-refractivity contribution in [3.8, 4) is 17.1 Å².